The van der Waals surface area contributed by atoms with Crippen LogP contribution >= 0.6 is 0 Å². The number of hydrogen-bond donors (Lipinski definition) is 1. The fraction of sp³-hybridized carbons (Fsp3) is 0.524. The molecule has 1 saturated carbocycles. The number of aliphatic carboxylic acids is 1. The van der Waals surface area contributed by atoms with Crippen LogP contribution in [0.4, 0.5) is 0 Å². The molecular formula is C42H56N2O7. The highest BCUT2D eigenvalue weighted by Crippen LogP contribution is 2.55. The summed E-state index contributed by atoms with van der Waals surface area (Å²) in [6.07, 6.45) is 8.95. The fourth-order valence-corrected chi connectivity index (χ4v) is 8.43. The molecule has 2 fully saturated rings. The minimum absolute atomic E-state index is 0.156. The van der Waals surface area contributed by atoms with Gasteiger partial charge in [-0.2, -0.15) is 0 Å². The highest BCUT2D eigenvalue weighted by Gasteiger charge is 2.53. The summed E-state index contributed by atoms with van der Waals surface area (Å²) < 4.78 is 22.3. The number of para-hydroxylation sites is 1. The lowest BCUT2D eigenvalue weighted by molar-refractivity contribution is -0.153. The number of aryl methyl sites for hydroxylation is 2. The van der Waals surface area contributed by atoms with Crippen molar-refractivity contribution >= 4 is 11.9 Å². The van der Waals surface area contributed by atoms with E-state index in [9.17, 15) is 9.59 Å². The molecule has 6 rings (SSSR count). The minimum atomic E-state index is -1.03. The highest BCUT2D eigenvalue weighted by atomic mass is 16.6. The van der Waals surface area contributed by atoms with Gasteiger partial charge in [-0.25, -0.2) is 0 Å². The van der Waals surface area contributed by atoms with Gasteiger partial charge in [0, 0.05) is 18.0 Å². The van der Waals surface area contributed by atoms with Crippen LogP contribution in [-0.2, 0) is 39.0 Å². The Bertz CT molecular complexity index is 1610. The van der Waals surface area contributed by atoms with E-state index in [4.69, 9.17) is 24.1 Å². The third kappa shape index (κ3) is 9.83. The van der Waals surface area contributed by atoms with Gasteiger partial charge in [-0.1, -0.05) is 49.2 Å². The third-order valence-electron chi connectivity index (χ3n) is 10.9. The second-order valence-electron chi connectivity index (χ2n) is 14.6. The molecule has 0 radical (unpaired) electrons. The number of rotatable bonds is 14. The number of fused-ring (bicyclic) bond motifs is 1. The Morgan fingerprint density at radius 2 is 1.73 bits per heavy atom. The molecule has 1 heterocycles. The van der Waals surface area contributed by atoms with E-state index in [1.165, 1.54) is 50.6 Å². The predicted octanol–water partition coefficient (Wildman–Crippen LogP) is 6.58. The number of nitrogens with zero attached hydrogens (tertiary/aromatic N) is 2. The van der Waals surface area contributed by atoms with Crippen molar-refractivity contribution in [1.29, 1.82) is 0 Å². The van der Waals surface area contributed by atoms with Gasteiger partial charge in [-0.15, -0.1) is 0 Å². The number of ether oxygens (including phenoxy) is 4. The zero-order valence-corrected chi connectivity index (χ0v) is 31.1. The van der Waals surface area contributed by atoms with E-state index < -0.39 is 18.0 Å². The standard InChI is InChI=1S/C24H31NO6.C18H25NO/c1-25(2)16-21(31-24(28)14-13-23(26)27)17-30-22-10-5-4-8-19(22)12-11-18-7-6-9-20(15-18)29-3;1-19-10-9-18-8-4-3-5-15(18)17(19)11-13-6-7-14(20-2)12-16(13)18/h4-10,15,21H,11-14,16-17H2,1-3H3,(H,26,27);6-7,12,15,17H,3-5,8-11H2,1-2H3/t;15-,17+,18+/m.0/s1. The Hall–Kier alpha value is -4.08. The van der Waals surface area contributed by atoms with Crippen LogP contribution in [0.3, 0.4) is 0 Å². The molecule has 1 saturated heterocycles. The first-order valence-corrected chi connectivity index (χ1v) is 18.4. The summed E-state index contributed by atoms with van der Waals surface area (Å²) in [5.41, 5.74) is 5.90. The maximum absolute atomic E-state index is 12.0. The van der Waals surface area contributed by atoms with E-state index in [-0.39, 0.29) is 19.4 Å². The van der Waals surface area contributed by atoms with Crippen LogP contribution in [0.5, 0.6) is 17.2 Å². The minimum Gasteiger partial charge on any atom is -0.497 e. The molecule has 51 heavy (non-hydrogen) atoms. The van der Waals surface area contributed by atoms with Crippen molar-refractivity contribution in [2.45, 2.75) is 81.8 Å². The van der Waals surface area contributed by atoms with Crippen molar-refractivity contribution < 1.29 is 33.6 Å². The number of methoxy groups -OCH3 is 2. The molecule has 0 aromatic heterocycles. The first-order valence-electron chi connectivity index (χ1n) is 18.4. The Kier molecular flexibility index (Phi) is 13.4. The lowest BCUT2D eigenvalue weighted by Gasteiger charge is -2.58. The number of piperidine rings is 1. The Balaban J connectivity index is 0.000000215. The molecular weight excluding hydrogens is 644 g/mol. The van der Waals surface area contributed by atoms with Crippen LogP contribution in [0, 0.1) is 5.92 Å². The molecule has 2 aliphatic carbocycles. The van der Waals surface area contributed by atoms with Crippen molar-refractivity contribution in [3.63, 3.8) is 0 Å². The van der Waals surface area contributed by atoms with Gasteiger partial charge in [0.05, 0.1) is 27.1 Å². The van der Waals surface area contributed by atoms with Crippen LogP contribution in [-0.4, -0.2) is 94.0 Å². The van der Waals surface area contributed by atoms with E-state index in [0.717, 1.165) is 47.6 Å². The predicted molar refractivity (Wildman–Crippen MR) is 199 cm³/mol. The number of carbonyl (C=O) groups is 2. The molecule has 0 amide bonds. The lowest BCUT2D eigenvalue weighted by Crippen LogP contribution is -2.59. The topological polar surface area (TPSA) is 97.8 Å². The van der Waals surface area contributed by atoms with Gasteiger partial charge in [0.15, 0.2) is 0 Å². The van der Waals surface area contributed by atoms with Crippen LogP contribution in [0.1, 0.15) is 67.2 Å². The van der Waals surface area contributed by atoms with E-state index in [1.807, 2.05) is 61.5 Å². The molecule has 3 aromatic rings. The fourth-order valence-electron chi connectivity index (χ4n) is 8.43. The van der Waals surface area contributed by atoms with Crippen molar-refractivity contribution in [2.24, 2.45) is 5.92 Å². The monoisotopic (exact) mass is 700 g/mol. The van der Waals surface area contributed by atoms with E-state index in [2.05, 4.69) is 36.2 Å². The van der Waals surface area contributed by atoms with Gasteiger partial charge in [0.1, 0.15) is 30.0 Å². The molecule has 2 bridgehead atoms. The molecule has 0 spiro atoms. The van der Waals surface area contributed by atoms with Gasteiger partial charge in [0.25, 0.3) is 0 Å². The Morgan fingerprint density at radius 3 is 2.49 bits per heavy atom. The summed E-state index contributed by atoms with van der Waals surface area (Å²) in [6.45, 7) is 1.93. The van der Waals surface area contributed by atoms with Crippen molar-refractivity contribution in [3.8, 4) is 17.2 Å². The molecule has 1 aliphatic heterocycles. The largest absolute Gasteiger partial charge is 0.497 e. The summed E-state index contributed by atoms with van der Waals surface area (Å²) in [6, 6.07) is 23.4. The number of carbonyl (C=O) groups excluding carboxylic acids is 1. The van der Waals surface area contributed by atoms with Crippen molar-refractivity contribution in [2.75, 3.05) is 55.1 Å². The van der Waals surface area contributed by atoms with Crippen molar-refractivity contribution in [1.82, 2.24) is 9.80 Å². The third-order valence-corrected chi connectivity index (χ3v) is 10.9. The summed E-state index contributed by atoms with van der Waals surface area (Å²) >= 11 is 0. The first kappa shape index (κ1) is 38.2. The zero-order chi connectivity index (χ0) is 36.4. The smallest absolute Gasteiger partial charge is 0.306 e. The van der Waals surface area contributed by atoms with Crippen LogP contribution < -0.4 is 14.2 Å². The average Bonchev–Trinajstić information content (AvgIpc) is 3.14. The van der Waals surface area contributed by atoms with Gasteiger partial charge < -0.3 is 33.9 Å². The second-order valence-corrected chi connectivity index (χ2v) is 14.6. The number of likely N-dealkylation sites (tertiary alicyclic amines) is 1. The molecule has 9 heteroatoms. The molecule has 3 aliphatic rings. The lowest BCUT2D eigenvalue weighted by atomic mass is 9.52. The number of esters is 1. The first-order chi connectivity index (χ1) is 24.6. The van der Waals surface area contributed by atoms with Gasteiger partial charge >= 0.3 is 11.9 Å². The average molecular weight is 701 g/mol. The molecule has 1 unspecified atom stereocenters. The normalized spacial score (nSPS) is 21.3. The molecule has 276 valence electrons. The summed E-state index contributed by atoms with van der Waals surface area (Å²) in [5.74, 6) is 1.93. The summed E-state index contributed by atoms with van der Waals surface area (Å²) in [4.78, 5) is 27.1. The van der Waals surface area contributed by atoms with E-state index in [0.29, 0.717) is 12.0 Å². The molecule has 9 nitrogen and oxygen atoms in total. The number of carboxylic acid groups (broad SMARTS) is 1. The SMILES string of the molecule is COc1ccc2c(c1)[C@@]13CCCC[C@H]1[C@@H](C2)N(C)CC3.COc1cccc(CCc2ccccc2OCC(CN(C)C)OC(=O)CCC(=O)O)c1. The second kappa shape index (κ2) is 17.9. The highest BCUT2D eigenvalue weighted by molar-refractivity contribution is 5.76. The van der Waals surface area contributed by atoms with E-state index in [1.54, 1.807) is 25.3 Å². The number of likely N-dealkylation sites (N-methyl/N-ethyl adjacent to an activating group) is 2. The quantitative estimate of drug-likeness (QED) is 0.187. The summed E-state index contributed by atoms with van der Waals surface area (Å²) in [7, 11) is 9.52. The zero-order valence-electron chi connectivity index (χ0n) is 31.1. The molecule has 4 atom stereocenters. The maximum atomic E-state index is 12.0. The number of benzene rings is 3. The number of hydrogen-bond acceptors (Lipinski definition) is 8. The van der Waals surface area contributed by atoms with E-state index >= 15 is 0 Å². The van der Waals surface area contributed by atoms with Crippen LogP contribution in [0.2, 0.25) is 0 Å². The summed E-state index contributed by atoms with van der Waals surface area (Å²) in [5, 5.41) is 8.74. The number of carboxylic acids is 1. The molecule has 1 N–H and O–H groups in total. The Morgan fingerprint density at radius 1 is 0.941 bits per heavy atom. The van der Waals surface area contributed by atoms with Crippen LogP contribution in [0.25, 0.3) is 0 Å². The maximum Gasteiger partial charge on any atom is 0.306 e. The van der Waals surface area contributed by atoms with Crippen LogP contribution in [0.15, 0.2) is 66.7 Å². The van der Waals surface area contributed by atoms with Gasteiger partial charge in [-0.3, -0.25) is 9.59 Å². The van der Waals surface area contributed by atoms with Crippen molar-refractivity contribution in [3.05, 3.63) is 89.0 Å². The van der Waals surface area contributed by atoms with Gasteiger partial charge in [0.2, 0.25) is 0 Å². The Labute approximate surface area is 303 Å². The van der Waals surface area contributed by atoms with Gasteiger partial charge in [-0.05, 0) is 125 Å². The molecule has 3 aromatic carbocycles.